The van der Waals surface area contributed by atoms with E-state index in [0.29, 0.717) is 13.1 Å². The molecular weight excluding hydrogens is 233 g/mol. The molecule has 0 aliphatic carbocycles. The smallest absolute Gasteiger partial charge is 0.123 e. The van der Waals surface area contributed by atoms with Crippen molar-refractivity contribution in [2.75, 3.05) is 6.54 Å². The van der Waals surface area contributed by atoms with E-state index >= 15 is 0 Å². The number of hydrogen-bond donors (Lipinski definition) is 0. The monoisotopic (exact) mass is 245 g/mol. The van der Waals surface area contributed by atoms with Gasteiger partial charge < -0.3 is 0 Å². The highest BCUT2D eigenvalue weighted by molar-refractivity contribution is 5.59. The van der Waals surface area contributed by atoms with E-state index in [1.54, 1.807) is 16.8 Å². The van der Waals surface area contributed by atoms with Crippen molar-refractivity contribution in [2.45, 2.75) is 13.5 Å². The highest BCUT2D eigenvalue weighted by Gasteiger charge is 2.07. The van der Waals surface area contributed by atoms with Crippen LogP contribution in [-0.4, -0.2) is 16.3 Å². The third-order valence-corrected chi connectivity index (χ3v) is 2.52. The maximum atomic E-state index is 12.9. The molecule has 18 heavy (non-hydrogen) atoms. The van der Waals surface area contributed by atoms with Crippen LogP contribution in [0, 0.1) is 12.7 Å². The molecule has 0 unspecified atom stereocenters. The van der Waals surface area contributed by atoms with Crippen LogP contribution in [-0.2, 0) is 6.54 Å². The molecule has 0 aliphatic rings. The summed E-state index contributed by atoms with van der Waals surface area (Å²) in [7, 11) is 0. The standard InChI is InChI=1S/C12H12FN5/c1-9-8-12(10-2-4-11(13)5-3-10)18(16-9)7-6-15-17-14/h2-5,8H,6-7H2,1H3. The number of halogens is 1. The molecule has 1 heterocycles. The van der Waals surface area contributed by atoms with Crippen molar-refractivity contribution >= 4 is 0 Å². The maximum absolute atomic E-state index is 12.9. The van der Waals surface area contributed by atoms with Crippen LogP contribution in [0.3, 0.4) is 0 Å². The van der Waals surface area contributed by atoms with Gasteiger partial charge in [-0.15, -0.1) is 0 Å². The molecule has 1 aromatic heterocycles. The average Bonchev–Trinajstić information content (AvgIpc) is 2.72. The number of rotatable bonds is 4. The number of aromatic nitrogens is 2. The lowest BCUT2D eigenvalue weighted by Crippen LogP contribution is -2.04. The van der Waals surface area contributed by atoms with Crippen LogP contribution in [0.15, 0.2) is 35.4 Å². The molecule has 0 saturated heterocycles. The summed E-state index contributed by atoms with van der Waals surface area (Å²) in [4.78, 5) is 2.71. The van der Waals surface area contributed by atoms with E-state index in [1.165, 1.54) is 12.1 Å². The highest BCUT2D eigenvalue weighted by atomic mass is 19.1. The summed E-state index contributed by atoms with van der Waals surface area (Å²) in [6, 6.07) is 8.15. The van der Waals surface area contributed by atoms with E-state index in [-0.39, 0.29) is 5.82 Å². The Balaban J connectivity index is 2.31. The minimum absolute atomic E-state index is 0.268. The van der Waals surface area contributed by atoms with Gasteiger partial charge in [-0.1, -0.05) is 5.11 Å². The van der Waals surface area contributed by atoms with Gasteiger partial charge in [0.1, 0.15) is 5.82 Å². The molecule has 92 valence electrons. The fourth-order valence-corrected chi connectivity index (χ4v) is 1.75. The van der Waals surface area contributed by atoms with E-state index in [1.807, 2.05) is 13.0 Å². The van der Waals surface area contributed by atoms with Crippen molar-refractivity contribution in [3.8, 4) is 11.3 Å². The SMILES string of the molecule is Cc1cc(-c2ccc(F)cc2)n(CCN=[N+]=[N-])n1. The fraction of sp³-hybridized carbons (Fsp3) is 0.250. The fourth-order valence-electron chi connectivity index (χ4n) is 1.75. The van der Waals surface area contributed by atoms with Crippen LogP contribution in [0.1, 0.15) is 5.69 Å². The van der Waals surface area contributed by atoms with E-state index in [2.05, 4.69) is 15.1 Å². The van der Waals surface area contributed by atoms with E-state index in [4.69, 9.17) is 5.53 Å². The molecule has 2 aromatic rings. The predicted octanol–water partition coefficient (Wildman–Crippen LogP) is 3.31. The third kappa shape index (κ3) is 2.67. The Morgan fingerprint density at radius 1 is 1.39 bits per heavy atom. The maximum Gasteiger partial charge on any atom is 0.123 e. The summed E-state index contributed by atoms with van der Waals surface area (Å²) >= 11 is 0. The van der Waals surface area contributed by atoms with Gasteiger partial charge in [0.25, 0.3) is 0 Å². The van der Waals surface area contributed by atoms with E-state index in [9.17, 15) is 4.39 Å². The molecule has 0 bridgehead atoms. The Kier molecular flexibility index (Phi) is 3.60. The molecule has 6 heteroatoms. The summed E-state index contributed by atoms with van der Waals surface area (Å²) < 4.78 is 14.6. The lowest BCUT2D eigenvalue weighted by molar-refractivity contribution is 0.622. The van der Waals surface area contributed by atoms with E-state index < -0.39 is 0 Å². The van der Waals surface area contributed by atoms with Crippen LogP contribution in [0.5, 0.6) is 0 Å². The molecule has 1 aromatic carbocycles. The zero-order valence-electron chi connectivity index (χ0n) is 9.91. The van der Waals surface area contributed by atoms with Gasteiger partial charge in [-0.05, 0) is 48.4 Å². The number of azide groups is 1. The lowest BCUT2D eigenvalue weighted by atomic mass is 10.1. The van der Waals surface area contributed by atoms with Crippen molar-refractivity contribution in [1.29, 1.82) is 0 Å². The predicted molar refractivity (Wildman–Crippen MR) is 66.4 cm³/mol. The molecule has 5 nitrogen and oxygen atoms in total. The number of hydrogen-bond acceptors (Lipinski definition) is 2. The van der Waals surface area contributed by atoms with Gasteiger partial charge in [-0.3, -0.25) is 4.68 Å². The number of benzene rings is 1. The van der Waals surface area contributed by atoms with Crippen LogP contribution < -0.4 is 0 Å². The quantitative estimate of drug-likeness (QED) is 0.463. The van der Waals surface area contributed by atoms with Crippen molar-refractivity contribution in [3.63, 3.8) is 0 Å². The molecule has 0 radical (unpaired) electrons. The molecule has 0 saturated carbocycles. The van der Waals surface area contributed by atoms with Gasteiger partial charge in [0.15, 0.2) is 0 Å². The second-order valence-electron chi connectivity index (χ2n) is 3.86. The lowest BCUT2D eigenvalue weighted by Gasteiger charge is -2.05. The second kappa shape index (κ2) is 5.33. The molecule has 0 N–H and O–H groups in total. The van der Waals surface area contributed by atoms with Crippen molar-refractivity contribution in [3.05, 3.63) is 52.3 Å². The average molecular weight is 245 g/mol. The third-order valence-electron chi connectivity index (χ3n) is 2.52. The van der Waals surface area contributed by atoms with Crippen LogP contribution in [0.25, 0.3) is 21.7 Å². The second-order valence-corrected chi connectivity index (χ2v) is 3.86. The largest absolute Gasteiger partial charge is 0.264 e. The topological polar surface area (TPSA) is 66.6 Å². The van der Waals surface area contributed by atoms with Gasteiger partial charge in [0.05, 0.1) is 11.4 Å². The van der Waals surface area contributed by atoms with E-state index in [0.717, 1.165) is 17.0 Å². The van der Waals surface area contributed by atoms with Crippen molar-refractivity contribution < 1.29 is 4.39 Å². The minimum atomic E-state index is -0.268. The summed E-state index contributed by atoms with van der Waals surface area (Å²) in [5.74, 6) is -0.268. The molecule has 2 rings (SSSR count). The first-order valence-corrected chi connectivity index (χ1v) is 5.52. The van der Waals surface area contributed by atoms with Gasteiger partial charge in [0.2, 0.25) is 0 Å². The molecule has 0 amide bonds. The summed E-state index contributed by atoms with van der Waals surface area (Å²) in [5, 5.41) is 7.81. The first-order valence-electron chi connectivity index (χ1n) is 5.52. The molecule has 0 aliphatic heterocycles. The van der Waals surface area contributed by atoms with Crippen molar-refractivity contribution in [2.24, 2.45) is 5.11 Å². The number of aryl methyl sites for hydroxylation is 1. The zero-order valence-corrected chi connectivity index (χ0v) is 9.91. The first-order chi connectivity index (χ1) is 8.70. The normalized spacial score (nSPS) is 10.1. The summed E-state index contributed by atoms with van der Waals surface area (Å²) in [6.07, 6.45) is 0. The molecular formula is C12H12FN5. The Bertz CT molecular complexity index is 581. The van der Waals surface area contributed by atoms with Gasteiger partial charge in [-0.25, -0.2) is 4.39 Å². The number of nitrogens with zero attached hydrogens (tertiary/aromatic N) is 5. The highest BCUT2D eigenvalue weighted by Crippen LogP contribution is 2.20. The van der Waals surface area contributed by atoms with Crippen LogP contribution in [0.4, 0.5) is 4.39 Å². The summed E-state index contributed by atoms with van der Waals surface area (Å²) in [6.45, 7) is 2.73. The van der Waals surface area contributed by atoms with Crippen molar-refractivity contribution in [1.82, 2.24) is 9.78 Å². The Morgan fingerprint density at radius 2 is 2.11 bits per heavy atom. The molecule has 0 spiro atoms. The Morgan fingerprint density at radius 3 is 2.78 bits per heavy atom. The zero-order chi connectivity index (χ0) is 13.0. The molecule has 0 fully saturated rings. The van der Waals surface area contributed by atoms with Crippen LogP contribution >= 0.6 is 0 Å². The Labute approximate surface area is 103 Å². The summed E-state index contributed by atoms with van der Waals surface area (Å²) in [5.41, 5.74) is 10.9. The van der Waals surface area contributed by atoms with Gasteiger partial charge in [0, 0.05) is 18.0 Å². The first kappa shape index (κ1) is 12.1. The van der Waals surface area contributed by atoms with Crippen LogP contribution in [0.2, 0.25) is 0 Å². The van der Waals surface area contributed by atoms with Gasteiger partial charge >= 0.3 is 0 Å². The minimum Gasteiger partial charge on any atom is -0.264 e. The van der Waals surface area contributed by atoms with Gasteiger partial charge in [-0.2, -0.15) is 5.10 Å². The molecule has 0 atom stereocenters. The Hall–Kier alpha value is -2.33.